The molecule has 0 aromatic heterocycles. The normalized spacial score (nSPS) is 14.4. The number of likely N-dealkylation sites (tertiary alicyclic amines) is 1. The number of nitrogens with zero attached hydrogens (tertiary/aromatic N) is 2. The average Bonchev–Trinajstić information content (AvgIpc) is 2.92. The Kier molecular flexibility index (Phi) is 4.09. The van der Waals surface area contributed by atoms with Crippen LogP contribution in [0.15, 0.2) is 24.3 Å². The monoisotopic (exact) mass is 266 g/mol. The maximum absolute atomic E-state index is 11.2. The molecule has 1 N–H and O–H groups in total. The van der Waals surface area contributed by atoms with Gasteiger partial charge in [0.25, 0.3) is 4.92 Å². The first-order valence-electron chi connectivity index (χ1n) is 5.88. The summed E-state index contributed by atoms with van der Waals surface area (Å²) < 4.78 is 0. The molecule has 0 bridgehead atoms. The molecule has 96 valence electrons. The molecule has 1 aliphatic rings. The molecule has 1 aromatic carbocycles. The minimum atomic E-state index is 0.454. The fourth-order valence-corrected chi connectivity index (χ4v) is 2.20. The highest BCUT2D eigenvalue weighted by Gasteiger charge is 2.16. The van der Waals surface area contributed by atoms with E-state index in [2.05, 4.69) is 15.1 Å². The molecule has 1 saturated heterocycles. The summed E-state index contributed by atoms with van der Waals surface area (Å²) >= 11 is 5.32. The Morgan fingerprint density at radius 1 is 1.33 bits per heavy atom. The van der Waals surface area contributed by atoms with Crippen molar-refractivity contribution in [1.29, 1.82) is 0 Å². The van der Waals surface area contributed by atoms with E-state index >= 15 is 0 Å². The largest absolute Gasteiger partial charge is 0.349 e. The second-order valence-corrected chi connectivity index (χ2v) is 4.50. The quantitative estimate of drug-likeness (QED) is 0.672. The van der Waals surface area contributed by atoms with Gasteiger partial charge in [-0.1, -0.05) is 0 Å². The van der Waals surface area contributed by atoms with E-state index in [-0.39, 0.29) is 0 Å². The number of thiocarbonyl (C=S) groups is 1. The van der Waals surface area contributed by atoms with Crippen LogP contribution in [-0.2, 0) is 4.84 Å². The van der Waals surface area contributed by atoms with Crippen molar-refractivity contribution in [2.24, 2.45) is 0 Å². The highest BCUT2D eigenvalue weighted by Crippen LogP contribution is 2.17. The molecule has 2 rings (SSSR count). The molecule has 0 unspecified atom stereocenters. The zero-order valence-electron chi connectivity index (χ0n) is 10.3. The van der Waals surface area contributed by atoms with Gasteiger partial charge in [-0.05, 0) is 37.2 Å². The lowest BCUT2D eigenvalue weighted by molar-refractivity contribution is -0.736. The van der Waals surface area contributed by atoms with Crippen molar-refractivity contribution in [3.05, 3.63) is 29.2 Å². The van der Waals surface area contributed by atoms with Crippen LogP contribution in [0.2, 0.25) is 0 Å². The molecule has 1 aromatic rings. The van der Waals surface area contributed by atoms with E-state index in [9.17, 15) is 4.91 Å². The van der Waals surface area contributed by atoms with E-state index in [0.717, 1.165) is 23.9 Å². The van der Waals surface area contributed by atoms with Crippen LogP contribution in [-0.4, -0.2) is 35.1 Å². The lowest BCUT2D eigenvalue weighted by Crippen LogP contribution is -2.31. The standard InChI is InChI=1S/C12H15N3O2S/c1-17-15(16)11-6-4-10(5-7-11)13-12(18)14-8-2-3-9-14/h4-7H,2-3,8-9H2,1H3/p+1. The fourth-order valence-electron chi connectivity index (χ4n) is 1.89. The van der Waals surface area contributed by atoms with Crippen LogP contribution < -0.4 is 5.32 Å². The second-order valence-electron chi connectivity index (χ2n) is 4.11. The number of benzene rings is 1. The fraction of sp³-hybridized carbons (Fsp3) is 0.417. The van der Waals surface area contributed by atoms with E-state index < -0.39 is 0 Å². The van der Waals surface area contributed by atoms with Gasteiger partial charge in [0.05, 0.1) is 4.91 Å². The summed E-state index contributed by atoms with van der Waals surface area (Å²) in [6.45, 7) is 2.03. The summed E-state index contributed by atoms with van der Waals surface area (Å²) in [4.78, 5) is 18.4. The first-order valence-corrected chi connectivity index (χ1v) is 6.29. The van der Waals surface area contributed by atoms with Crippen LogP contribution in [0.1, 0.15) is 12.8 Å². The molecule has 0 spiro atoms. The molecule has 18 heavy (non-hydrogen) atoms. The molecule has 1 aliphatic heterocycles. The highest BCUT2D eigenvalue weighted by atomic mass is 32.1. The molecule has 0 aliphatic carbocycles. The van der Waals surface area contributed by atoms with E-state index in [0.29, 0.717) is 10.6 Å². The Labute approximate surface area is 111 Å². The van der Waals surface area contributed by atoms with Crippen molar-refractivity contribution in [1.82, 2.24) is 4.90 Å². The minimum absolute atomic E-state index is 0.454. The Balaban J connectivity index is 1.97. The lowest BCUT2D eigenvalue weighted by atomic mass is 10.3. The Bertz CT molecular complexity index is 441. The zero-order valence-corrected chi connectivity index (χ0v) is 11.1. The molecule has 1 heterocycles. The van der Waals surface area contributed by atoms with Gasteiger partial charge in [0.2, 0.25) is 0 Å². The maximum Gasteiger partial charge on any atom is 0.316 e. The van der Waals surface area contributed by atoms with Gasteiger partial charge in [0, 0.05) is 30.9 Å². The van der Waals surface area contributed by atoms with Gasteiger partial charge < -0.3 is 10.2 Å². The molecular formula is C12H16N3O2S+. The predicted octanol–water partition coefficient (Wildman–Crippen LogP) is 2.45. The summed E-state index contributed by atoms with van der Waals surface area (Å²) in [7, 11) is 1.33. The topological polar surface area (TPSA) is 44.6 Å². The van der Waals surface area contributed by atoms with Crippen LogP contribution in [0, 0.1) is 4.91 Å². The maximum atomic E-state index is 11.2. The second kappa shape index (κ2) is 5.77. The smallest absolute Gasteiger partial charge is 0.316 e. The predicted molar refractivity (Wildman–Crippen MR) is 73.8 cm³/mol. The minimum Gasteiger partial charge on any atom is -0.349 e. The summed E-state index contributed by atoms with van der Waals surface area (Å²) in [6, 6.07) is 6.99. The molecule has 1 fully saturated rings. The van der Waals surface area contributed by atoms with Crippen LogP contribution in [0.3, 0.4) is 0 Å². The number of hydrogen-bond donors (Lipinski definition) is 1. The highest BCUT2D eigenvalue weighted by molar-refractivity contribution is 7.80. The van der Waals surface area contributed by atoms with Crippen LogP contribution in [0.4, 0.5) is 11.4 Å². The SMILES string of the molecule is CO[N+](=O)c1ccc(NC(=S)N2CCCC2)cc1. The molecule has 0 atom stereocenters. The third-order valence-corrected chi connectivity index (χ3v) is 3.25. The van der Waals surface area contributed by atoms with E-state index in [4.69, 9.17) is 12.2 Å². The van der Waals surface area contributed by atoms with Crippen LogP contribution in [0.5, 0.6) is 0 Å². The molecular weight excluding hydrogens is 250 g/mol. The first-order chi connectivity index (χ1) is 8.70. The van der Waals surface area contributed by atoms with E-state index in [1.165, 1.54) is 20.0 Å². The molecule has 0 amide bonds. The van der Waals surface area contributed by atoms with E-state index in [1.54, 1.807) is 12.1 Å². The van der Waals surface area contributed by atoms with Crippen LogP contribution >= 0.6 is 12.2 Å². The Morgan fingerprint density at radius 3 is 2.50 bits per heavy atom. The summed E-state index contributed by atoms with van der Waals surface area (Å²) in [5.41, 5.74) is 1.33. The number of rotatable bonds is 3. The van der Waals surface area contributed by atoms with Gasteiger partial charge >= 0.3 is 5.69 Å². The van der Waals surface area contributed by atoms with Gasteiger partial charge in [-0.2, -0.15) is 0 Å². The van der Waals surface area contributed by atoms with Crippen molar-refractivity contribution in [2.45, 2.75) is 12.8 Å². The summed E-state index contributed by atoms with van der Waals surface area (Å²) in [5, 5.41) is 3.91. The molecule has 0 saturated carbocycles. The third kappa shape index (κ3) is 2.95. The van der Waals surface area contributed by atoms with E-state index in [1.807, 2.05) is 12.1 Å². The van der Waals surface area contributed by atoms with Gasteiger partial charge in [0.15, 0.2) is 12.2 Å². The number of anilines is 1. The lowest BCUT2D eigenvalue weighted by Gasteiger charge is -2.19. The Morgan fingerprint density at radius 2 is 1.94 bits per heavy atom. The van der Waals surface area contributed by atoms with Gasteiger partial charge in [-0.3, -0.25) is 0 Å². The van der Waals surface area contributed by atoms with Crippen LogP contribution in [0.25, 0.3) is 0 Å². The van der Waals surface area contributed by atoms with Crippen molar-refractivity contribution < 1.29 is 9.76 Å². The first kappa shape index (κ1) is 12.8. The summed E-state index contributed by atoms with van der Waals surface area (Å²) in [5.74, 6) is 0. The average molecular weight is 266 g/mol. The van der Waals surface area contributed by atoms with Crippen molar-refractivity contribution in [2.75, 3.05) is 25.5 Å². The van der Waals surface area contributed by atoms with Crippen molar-refractivity contribution in [3.8, 4) is 0 Å². The van der Waals surface area contributed by atoms with Crippen molar-refractivity contribution in [3.63, 3.8) is 0 Å². The number of nitrogens with one attached hydrogen (secondary N) is 1. The van der Waals surface area contributed by atoms with Gasteiger partial charge in [-0.15, -0.1) is 0 Å². The van der Waals surface area contributed by atoms with Crippen molar-refractivity contribution >= 4 is 28.7 Å². The summed E-state index contributed by atoms with van der Waals surface area (Å²) in [6.07, 6.45) is 2.39. The molecule has 5 nitrogen and oxygen atoms in total. The number of hydrogen-bond acceptors (Lipinski definition) is 3. The van der Waals surface area contributed by atoms with Gasteiger partial charge in [-0.25, -0.2) is 4.84 Å². The Hall–Kier alpha value is -1.69. The molecule has 0 radical (unpaired) electrons. The molecule has 6 heteroatoms. The van der Waals surface area contributed by atoms with Gasteiger partial charge in [0.1, 0.15) is 0 Å². The third-order valence-electron chi connectivity index (χ3n) is 2.89. The zero-order chi connectivity index (χ0) is 13.0.